The fourth-order valence-corrected chi connectivity index (χ4v) is 5.71. The number of hydrogen-bond donors (Lipinski definition) is 2. The summed E-state index contributed by atoms with van der Waals surface area (Å²) in [5.74, 6) is -1.54. The maximum atomic E-state index is 11.4. The summed E-state index contributed by atoms with van der Waals surface area (Å²) in [5, 5.41) is 18.6. The number of carbonyl (C=O) groups is 2. The van der Waals surface area contributed by atoms with Gasteiger partial charge in [0.15, 0.2) is 0 Å². The van der Waals surface area contributed by atoms with Crippen molar-refractivity contribution in [2.75, 3.05) is 59.2 Å². The van der Waals surface area contributed by atoms with Crippen molar-refractivity contribution in [3.63, 3.8) is 0 Å². The Morgan fingerprint density at radius 1 is 0.690 bits per heavy atom. The molecule has 4 rings (SSSR count). The second-order valence-electron chi connectivity index (χ2n) is 11.0. The van der Waals surface area contributed by atoms with Crippen LogP contribution in [0.15, 0.2) is 36.4 Å². The first-order valence-corrected chi connectivity index (χ1v) is 15.1. The summed E-state index contributed by atoms with van der Waals surface area (Å²) in [5.41, 5.74) is 1.57. The van der Waals surface area contributed by atoms with E-state index in [2.05, 4.69) is 19.8 Å². The number of aromatic carboxylic acids is 2. The summed E-state index contributed by atoms with van der Waals surface area (Å²) in [4.78, 5) is 35.9. The summed E-state index contributed by atoms with van der Waals surface area (Å²) in [7, 11) is 0. The first-order chi connectivity index (χ1) is 20.5. The Labute approximate surface area is 247 Å². The van der Waals surface area contributed by atoms with Crippen LogP contribution in [0.1, 0.15) is 70.9 Å². The lowest BCUT2D eigenvalue weighted by Crippen LogP contribution is -2.35. The van der Waals surface area contributed by atoms with Crippen molar-refractivity contribution in [3.8, 4) is 0 Å². The zero-order valence-electron chi connectivity index (χ0n) is 24.4. The number of ether oxygens (including phenoxy) is 3. The Bertz CT molecular complexity index is 1050. The largest absolute Gasteiger partial charge is 0.477 e. The highest BCUT2D eigenvalue weighted by atomic mass is 16.5. The van der Waals surface area contributed by atoms with E-state index in [0.717, 1.165) is 38.0 Å². The third kappa shape index (κ3) is 10.7. The molecule has 0 radical (unpaired) electrons. The molecule has 0 aromatic carbocycles. The second-order valence-corrected chi connectivity index (χ2v) is 11.0. The van der Waals surface area contributed by atoms with Crippen LogP contribution in [0.25, 0.3) is 0 Å². The molecule has 1 saturated heterocycles. The van der Waals surface area contributed by atoms with E-state index in [-0.39, 0.29) is 17.5 Å². The van der Waals surface area contributed by atoms with Gasteiger partial charge in [0.25, 0.3) is 0 Å². The normalized spacial score (nSPS) is 22.9. The number of aromatic nitrogens is 2. The number of carboxylic acid groups (broad SMARTS) is 2. The molecule has 2 aliphatic rings. The van der Waals surface area contributed by atoms with Crippen LogP contribution in [-0.2, 0) is 27.3 Å². The van der Waals surface area contributed by atoms with Crippen LogP contribution in [0.5, 0.6) is 0 Å². The molecule has 1 aliphatic heterocycles. The first-order valence-electron chi connectivity index (χ1n) is 15.1. The van der Waals surface area contributed by atoms with Crippen molar-refractivity contribution in [2.45, 2.75) is 57.7 Å². The molecule has 42 heavy (non-hydrogen) atoms. The molecule has 2 fully saturated rings. The van der Waals surface area contributed by atoms with Gasteiger partial charge in [-0.1, -0.05) is 25.0 Å². The van der Waals surface area contributed by atoms with Crippen LogP contribution < -0.4 is 0 Å². The first kappa shape index (κ1) is 32.0. The quantitative estimate of drug-likeness (QED) is 0.516. The number of nitrogens with zero attached hydrogens (tertiary/aromatic N) is 4. The molecule has 11 heteroatoms. The third-order valence-corrected chi connectivity index (χ3v) is 7.93. The van der Waals surface area contributed by atoms with Gasteiger partial charge in [0.1, 0.15) is 11.4 Å². The maximum absolute atomic E-state index is 11.4. The van der Waals surface area contributed by atoms with Gasteiger partial charge < -0.3 is 24.4 Å². The highest BCUT2D eigenvalue weighted by molar-refractivity contribution is 5.85. The van der Waals surface area contributed by atoms with E-state index >= 15 is 0 Å². The molecule has 2 N–H and O–H groups in total. The zero-order valence-corrected chi connectivity index (χ0v) is 24.4. The smallest absolute Gasteiger partial charge is 0.354 e. The molecule has 1 saturated carbocycles. The van der Waals surface area contributed by atoms with Gasteiger partial charge in [-0.05, 0) is 62.4 Å². The minimum atomic E-state index is -1.03. The molecule has 0 bridgehead atoms. The van der Waals surface area contributed by atoms with Crippen LogP contribution in [-0.4, -0.2) is 107 Å². The lowest BCUT2D eigenvalue weighted by molar-refractivity contribution is -0.0279. The lowest BCUT2D eigenvalue weighted by atomic mass is 9.83. The molecule has 2 aromatic rings. The SMILES string of the molecule is O=C(O)c1cccc(CN2CCC[C@@H]3CCCC[C@H]3OCCN(Cc3cccc(C(=O)O)n3)CCOCCOCC2)n1. The van der Waals surface area contributed by atoms with E-state index in [1.54, 1.807) is 12.1 Å². The highest BCUT2D eigenvalue weighted by Gasteiger charge is 2.26. The minimum Gasteiger partial charge on any atom is -0.477 e. The maximum Gasteiger partial charge on any atom is 0.354 e. The summed E-state index contributed by atoms with van der Waals surface area (Å²) >= 11 is 0. The van der Waals surface area contributed by atoms with Gasteiger partial charge in [-0.25, -0.2) is 19.6 Å². The monoisotopic (exact) mass is 584 g/mol. The number of hydrogen-bond acceptors (Lipinski definition) is 9. The van der Waals surface area contributed by atoms with E-state index in [1.165, 1.54) is 31.4 Å². The number of carboxylic acids is 2. The van der Waals surface area contributed by atoms with Crippen molar-refractivity contribution < 1.29 is 34.0 Å². The van der Waals surface area contributed by atoms with E-state index in [0.29, 0.717) is 70.8 Å². The van der Waals surface area contributed by atoms with Gasteiger partial charge in [0.2, 0.25) is 0 Å². The van der Waals surface area contributed by atoms with E-state index in [9.17, 15) is 19.8 Å². The highest BCUT2D eigenvalue weighted by Crippen LogP contribution is 2.30. The Hall–Kier alpha value is -2.96. The van der Waals surface area contributed by atoms with Gasteiger partial charge in [-0.2, -0.15) is 0 Å². The van der Waals surface area contributed by atoms with Crippen LogP contribution in [0.4, 0.5) is 0 Å². The predicted molar refractivity (Wildman–Crippen MR) is 156 cm³/mol. The number of pyridine rings is 2. The average Bonchev–Trinajstić information content (AvgIpc) is 2.98. The van der Waals surface area contributed by atoms with Gasteiger partial charge in [-0.3, -0.25) is 9.80 Å². The molecule has 0 amide bonds. The van der Waals surface area contributed by atoms with Crippen LogP contribution in [0, 0.1) is 5.92 Å². The summed E-state index contributed by atoms with van der Waals surface area (Å²) in [6.07, 6.45) is 6.97. The van der Waals surface area contributed by atoms with Gasteiger partial charge in [0, 0.05) is 32.7 Å². The van der Waals surface area contributed by atoms with E-state index in [4.69, 9.17) is 14.2 Å². The summed E-state index contributed by atoms with van der Waals surface area (Å²) in [6, 6.07) is 10.2. The number of fused-ring (bicyclic) bond motifs is 1. The van der Waals surface area contributed by atoms with Gasteiger partial charge >= 0.3 is 11.9 Å². The summed E-state index contributed by atoms with van der Waals surface area (Å²) < 4.78 is 18.2. The third-order valence-electron chi connectivity index (χ3n) is 7.93. The van der Waals surface area contributed by atoms with Crippen molar-refractivity contribution >= 4 is 11.9 Å². The molecule has 2 aromatic heterocycles. The molecule has 0 spiro atoms. The standard InChI is InChI=1S/C31H44N4O7/c36-30(37)27-10-3-8-25(32-27)22-34-13-5-7-24-6-1-2-12-29(24)42-19-16-35(15-18-41-21-20-40-17-14-34)23-26-9-4-11-28(33-26)31(38)39/h3-4,8-11,24,29H,1-2,5-7,12-23H2,(H,36,37)(H,38,39)/t24-,29+/m0/s1. The van der Waals surface area contributed by atoms with Crippen molar-refractivity contribution in [2.24, 2.45) is 5.92 Å². The number of rotatable bonds is 6. The Balaban J connectivity index is 1.36. The van der Waals surface area contributed by atoms with Gasteiger partial charge in [0.05, 0.1) is 50.5 Å². The van der Waals surface area contributed by atoms with Crippen molar-refractivity contribution in [1.82, 2.24) is 19.8 Å². The Morgan fingerprint density at radius 2 is 1.21 bits per heavy atom. The molecule has 1 aliphatic carbocycles. The fourth-order valence-electron chi connectivity index (χ4n) is 5.71. The van der Waals surface area contributed by atoms with E-state index < -0.39 is 11.9 Å². The molecule has 3 heterocycles. The molecule has 2 atom stereocenters. The molecular formula is C31H44N4O7. The Kier molecular flexibility index (Phi) is 13.1. The topological polar surface area (TPSA) is 135 Å². The molecule has 230 valence electrons. The van der Waals surface area contributed by atoms with E-state index in [1.807, 2.05) is 12.1 Å². The minimum absolute atomic E-state index is 0.0483. The zero-order chi connectivity index (χ0) is 29.6. The average molecular weight is 585 g/mol. The van der Waals surface area contributed by atoms with Crippen molar-refractivity contribution in [3.05, 3.63) is 59.2 Å². The molecular weight excluding hydrogens is 540 g/mol. The molecule has 11 nitrogen and oxygen atoms in total. The van der Waals surface area contributed by atoms with Crippen LogP contribution in [0.3, 0.4) is 0 Å². The Morgan fingerprint density at radius 3 is 1.81 bits per heavy atom. The fraction of sp³-hybridized carbons (Fsp3) is 0.613. The second kappa shape index (κ2) is 17.2. The summed E-state index contributed by atoms with van der Waals surface area (Å²) in [6.45, 7) is 6.70. The predicted octanol–water partition coefficient (Wildman–Crippen LogP) is 3.58. The van der Waals surface area contributed by atoms with Crippen LogP contribution in [0.2, 0.25) is 0 Å². The lowest BCUT2D eigenvalue weighted by Gasteiger charge is -2.33. The van der Waals surface area contributed by atoms with Crippen LogP contribution >= 0.6 is 0 Å². The van der Waals surface area contributed by atoms with Gasteiger partial charge in [-0.15, -0.1) is 0 Å². The van der Waals surface area contributed by atoms with Crippen molar-refractivity contribution in [1.29, 1.82) is 0 Å². The molecule has 0 unspecified atom stereocenters.